The SMILES string of the molecule is O=C(c1ncccn1)N1CCCC(OCCc2noc(C3CC3)n2)C1. The van der Waals surface area contributed by atoms with Crippen molar-refractivity contribution < 1.29 is 14.1 Å². The Hall–Kier alpha value is -2.35. The molecule has 0 spiro atoms. The Labute approximate surface area is 145 Å². The first kappa shape index (κ1) is 16.1. The van der Waals surface area contributed by atoms with Gasteiger partial charge in [-0.1, -0.05) is 5.16 Å². The standard InChI is InChI=1S/C17H21N5O3/c23-17(15-18-7-2-8-19-15)22-9-1-3-13(11-22)24-10-6-14-20-16(25-21-14)12-4-5-12/h2,7-8,12-13H,1,3-6,9-11H2. The Morgan fingerprint density at radius 1 is 1.28 bits per heavy atom. The smallest absolute Gasteiger partial charge is 0.291 e. The van der Waals surface area contributed by atoms with Crippen molar-refractivity contribution in [1.82, 2.24) is 25.0 Å². The predicted molar refractivity (Wildman–Crippen MR) is 86.9 cm³/mol. The number of hydrogen-bond donors (Lipinski definition) is 0. The lowest BCUT2D eigenvalue weighted by Crippen LogP contribution is -2.44. The minimum absolute atomic E-state index is 0.0243. The minimum atomic E-state index is -0.138. The average molecular weight is 343 g/mol. The normalized spacial score (nSPS) is 20.6. The number of carbonyl (C=O) groups is 1. The van der Waals surface area contributed by atoms with E-state index in [1.807, 2.05) is 0 Å². The molecule has 8 heteroatoms. The van der Waals surface area contributed by atoms with Crippen molar-refractivity contribution in [3.8, 4) is 0 Å². The van der Waals surface area contributed by atoms with Crippen LogP contribution in [0.2, 0.25) is 0 Å². The molecule has 1 amide bonds. The van der Waals surface area contributed by atoms with Crippen LogP contribution in [0.25, 0.3) is 0 Å². The summed E-state index contributed by atoms with van der Waals surface area (Å²) in [6, 6.07) is 1.70. The molecule has 2 aromatic heterocycles. The van der Waals surface area contributed by atoms with Crippen LogP contribution in [0.3, 0.4) is 0 Å². The van der Waals surface area contributed by atoms with Crippen LogP contribution in [0.5, 0.6) is 0 Å². The van der Waals surface area contributed by atoms with Crippen LogP contribution in [-0.4, -0.2) is 56.7 Å². The third-order valence-electron chi connectivity index (χ3n) is 4.51. The monoisotopic (exact) mass is 343 g/mol. The number of ether oxygens (including phenoxy) is 1. The molecule has 8 nitrogen and oxygen atoms in total. The highest BCUT2D eigenvalue weighted by Gasteiger charge is 2.30. The van der Waals surface area contributed by atoms with Gasteiger partial charge in [0.15, 0.2) is 5.82 Å². The molecule has 2 fully saturated rings. The van der Waals surface area contributed by atoms with Crippen LogP contribution in [-0.2, 0) is 11.2 Å². The third kappa shape index (κ3) is 4.01. The summed E-state index contributed by atoms with van der Waals surface area (Å²) in [6.45, 7) is 1.81. The maximum Gasteiger partial charge on any atom is 0.291 e. The average Bonchev–Trinajstić information content (AvgIpc) is 3.41. The highest BCUT2D eigenvalue weighted by Crippen LogP contribution is 2.38. The van der Waals surface area contributed by atoms with Gasteiger partial charge in [0, 0.05) is 37.8 Å². The molecule has 0 aromatic carbocycles. The van der Waals surface area contributed by atoms with Gasteiger partial charge < -0.3 is 14.2 Å². The molecule has 132 valence electrons. The third-order valence-corrected chi connectivity index (χ3v) is 4.51. The van der Waals surface area contributed by atoms with Gasteiger partial charge in [-0.3, -0.25) is 4.79 Å². The first-order valence-electron chi connectivity index (χ1n) is 8.80. The fourth-order valence-corrected chi connectivity index (χ4v) is 2.99. The van der Waals surface area contributed by atoms with E-state index in [0.717, 1.165) is 31.6 Å². The van der Waals surface area contributed by atoms with Crippen molar-refractivity contribution in [3.05, 3.63) is 36.0 Å². The molecule has 0 N–H and O–H groups in total. The number of aromatic nitrogens is 4. The number of carbonyl (C=O) groups excluding carboxylic acids is 1. The molecule has 1 atom stereocenters. The summed E-state index contributed by atoms with van der Waals surface area (Å²) >= 11 is 0. The van der Waals surface area contributed by atoms with Gasteiger partial charge in [0.25, 0.3) is 5.91 Å². The lowest BCUT2D eigenvalue weighted by Gasteiger charge is -2.32. The zero-order valence-electron chi connectivity index (χ0n) is 14.0. The topological polar surface area (TPSA) is 94.2 Å². The van der Waals surface area contributed by atoms with Gasteiger partial charge in [-0.25, -0.2) is 9.97 Å². The first-order valence-corrected chi connectivity index (χ1v) is 8.80. The van der Waals surface area contributed by atoms with Crippen molar-refractivity contribution >= 4 is 5.91 Å². The quantitative estimate of drug-likeness (QED) is 0.786. The second-order valence-electron chi connectivity index (χ2n) is 6.53. The maximum absolute atomic E-state index is 12.4. The Bertz CT molecular complexity index is 716. The second-order valence-corrected chi connectivity index (χ2v) is 6.53. The fraction of sp³-hybridized carbons (Fsp3) is 0.588. The second kappa shape index (κ2) is 7.26. The predicted octanol–water partition coefficient (Wildman–Crippen LogP) is 1.60. The van der Waals surface area contributed by atoms with Gasteiger partial charge in [0.1, 0.15) is 0 Å². The number of piperidine rings is 1. The lowest BCUT2D eigenvalue weighted by atomic mass is 10.1. The largest absolute Gasteiger partial charge is 0.376 e. The van der Waals surface area contributed by atoms with Crippen molar-refractivity contribution in [2.24, 2.45) is 0 Å². The van der Waals surface area contributed by atoms with E-state index in [2.05, 4.69) is 20.1 Å². The van der Waals surface area contributed by atoms with Gasteiger partial charge in [-0.2, -0.15) is 4.98 Å². The summed E-state index contributed by atoms with van der Waals surface area (Å²) in [5.41, 5.74) is 0. The molecular weight excluding hydrogens is 322 g/mol. The highest BCUT2D eigenvalue weighted by atomic mass is 16.5. The van der Waals surface area contributed by atoms with Crippen LogP contribution in [0.4, 0.5) is 0 Å². The summed E-state index contributed by atoms with van der Waals surface area (Å²) in [5, 5.41) is 4.00. The molecular formula is C17H21N5O3. The number of likely N-dealkylation sites (tertiary alicyclic amines) is 1. The molecule has 1 aliphatic heterocycles. The molecule has 4 rings (SSSR count). The number of rotatable bonds is 6. The fourth-order valence-electron chi connectivity index (χ4n) is 2.99. The lowest BCUT2D eigenvalue weighted by molar-refractivity contribution is 0.00211. The maximum atomic E-state index is 12.4. The van der Waals surface area contributed by atoms with Crippen molar-refractivity contribution in [2.45, 2.75) is 44.1 Å². The van der Waals surface area contributed by atoms with Gasteiger partial charge in [-0.15, -0.1) is 0 Å². The Kier molecular flexibility index (Phi) is 4.69. The van der Waals surface area contributed by atoms with Crippen molar-refractivity contribution in [2.75, 3.05) is 19.7 Å². The van der Waals surface area contributed by atoms with E-state index in [0.29, 0.717) is 37.9 Å². The molecule has 1 unspecified atom stereocenters. The van der Waals surface area contributed by atoms with Gasteiger partial charge >= 0.3 is 0 Å². The molecule has 1 aliphatic carbocycles. The van der Waals surface area contributed by atoms with Gasteiger partial charge in [0.2, 0.25) is 11.7 Å². The van der Waals surface area contributed by atoms with E-state index in [9.17, 15) is 4.79 Å². The van der Waals surface area contributed by atoms with E-state index >= 15 is 0 Å². The van der Waals surface area contributed by atoms with Crippen LogP contribution in [0.1, 0.15) is 53.9 Å². The zero-order chi connectivity index (χ0) is 17.1. The van der Waals surface area contributed by atoms with Gasteiger partial charge in [0.05, 0.1) is 12.7 Å². The number of amides is 1. The van der Waals surface area contributed by atoms with Crippen molar-refractivity contribution in [3.63, 3.8) is 0 Å². The number of hydrogen-bond acceptors (Lipinski definition) is 7. The van der Waals surface area contributed by atoms with E-state index in [-0.39, 0.29) is 17.8 Å². The summed E-state index contributed by atoms with van der Waals surface area (Å²) in [4.78, 5) is 26.7. The Morgan fingerprint density at radius 2 is 2.12 bits per heavy atom. The summed E-state index contributed by atoms with van der Waals surface area (Å²) < 4.78 is 11.2. The summed E-state index contributed by atoms with van der Waals surface area (Å²) in [5.74, 6) is 2.03. The van der Waals surface area contributed by atoms with Crippen LogP contribution in [0, 0.1) is 0 Å². The van der Waals surface area contributed by atoms with E-state index in [4.69, 9.17) is 9.26 Å². The highest BCUT2D eigenvalue weighted by molar-refractivity contribution is 5.90. The summed E-state index contributed by atoms with van der Waals surface area (Å²) in [7, 11) is 0. The molecule has 0 radical (unpaired) electrons. The molecule has 3 heterocycles. The summed E-state index contributed by atoms with van der Waals surface area (Å²) in [6.07, 6.45) is 7.97. The van der Waals surface area contributed by atoms with E-state index in [1.165, 1.54) is 0 Å². The molecule has 2 aromatic rings. The van der Waals surface area contributed by atoms with Crippen molar-refractivity contribution in [1.29, 1.82) is 0 Å². The zero-order valence-corrected chi connectivity index (χ0v) is 14.0. The Balaban J connectivity index is 1.25. The molecule has 2 aliphatic rings. The van der Waals surface area contributed by atoms with Gasteiger partial charge in [-0.05, 0) is 31.7 Å². The molecule has 1 saturated carbocycles. The molecule has 1 saturated heterocycles. The molecule has 25 heavy (non-hydrogen) atoms. The Morgan fingerprint density at radius 3 is 2.92 bits per heavy atom. The first-order chi connectivity index (χ1) is 12.3. The minimum Gasteiger partial charge on any atom is -0.376 e. The van der Waals surface area contributed by atoms with Crippen LogP contribution >= 0.6 is 0 Å². The van der Waals surface area contributed by atoms with Crippen LogP contribution in [0.15, 0.2) is 23.0 Å². The number of nitrogens with zero attached hydrogens (tertiary/aromatic N) is 5. The van der Waals surface area contributed by atoms with E-state index < -0.39 is 0 Å². The van der Waals surface area contributed by atoms with E-state index in [1.54, 1.807) is 23.4 Å². The van der Waals surface area contributed by atoms with Crippen LogP contribution < -0.4 is 0 Å². The molecule has 0 bridgehead atoms.